The zero-order valence-corrected chi connectivity index (χ0v) is 12.4. The van der Waals surface area contributed by atoms with Gasteiger partial charge in [0.1, 0.15) is 5.82 Å². The molecule has 0 spiro atoms. The van der Waals surface area contributed by atoms with E-state index in [9.17, 15) is 12.8 Å². The maximum atomic E-state index is 13.7. The molecule has 1 aliphatic carbocycles. The summed E-state index contributed by atoms with van der Waals surface area (Å²) in [7, 11) is -3.09. The topological polar surface area (TPSA) is 46.2 Å². The van der Waals surface area contributed by atoms with Gasteiger partial charge < -0.3 is 5.32 Å². The van der Waals surface area contributed by atoms with Crippen LogP contribution < -0.4 is 5.32 Å². The second kappa shape index (κ2) is 5.17. The van der Waals surface area contributed by atoms with Crippen molar-refractivity contribution in [1.82, 2.24) is 0 Å². The van der Waals surface area contributed by atoms with E-state index in [1.165, 1.54) is 12.3 Å². The number of hydrogen-bond donors (Lipinski definition) is 1. The summed E-state index contributed by atoms with van der Waals surface area (Å²) < 4.78 is 37.6. The van der Waals surface area contributed by atoms with Crippen molar-refractivity contribution in [3.05, 3.63) is 28.5 Å². The highest BCUT2D eigenvalue weighted by Gasteiger charge is 2.34. The molecule has 6 heteroatoms. The summed E-state index contributed by atoms with van der Waals surface area (Å²) in [5.74, 6) is -0.372. The molecule has 1 aliphatic rings. The van der Waals surface area contributed by atoms with E-state index >= 15 is 0 Å². The molecule has 1 fully saturated rings. The van der Waals surface area contributed by atoms with Crippen LogP contribution in [0.4, 0.5) is 10.1 Å². The Morgan fingerprint density at radius 3 is 2.72 bits per heavy atom. The number of benzene rings is 1. The maximum absolute atomic E-state index is 13.7. The van der Waals surface area contributed by atoms with Crippen molar-refractivity contribution in [3.63, 3.8) is 0 Å². The third kappa shape index (κ3) is 3.03. The second-order valence-corrected chi connectivity index (χ2v) is 7.85. The summed E-state index contributed by atoms with van der Waals surface area (Å²) in [6.45, 7) is 0. The van der Waals surface area contributed by atoms with Gasteiger partial charge in [0, 0.05) is 16.8 Å². The monoisotopic (exact) mass is 335 g/mol. The van der Waals surface area contributed by atoms with Crippen molar-refractivity contribution < 1.29 is 12.8 Å². The maximum Gasteiger partial charge on any atom is 0.152 e. The third-order valence-corrected chi connectivity index (χ3v) is 5.43. The van der Waals surface area contributed by atoms with E-state index in [0.29, 0.717) is 16.6 Å². The smallest absolute Gasteiger partial charge is 0.152 e. The van der Waals surface area contributed by atoms with Crippen molar-refractivity contribution in [2.75, 3.05) is 11.6 Å². The first-order valence-electron chi connectivity index (χ1n) is 5.78. The Labute approximate surface area is 115 Å². The van der Waals surface area contributed by atoms with Crippen LogP contribution in [0.2, 0.25) is 0 Å². The van der Waals surface area contributed by atoms with Gasteiger partial charge >= 0.3 is 0 Å². The fourth-order valence-electron chi connectivity index (χ4n) is 2.41. The lowest BCUT2D eigenvalue weighted by Gasteiger charge is -2.21. The van der Waals surface area contributed by atoms with Crippen LogP contribution in [-0.4, -0.2) is 26.0 Å². The zero-order chi connectivity index (χ0) is 13.3. The van der Waals surface area contributed by atoms with E-state index in [1.54, 1.807) is 12.1 Å². The Morgan fingerprint density at radius 2 is 2.11 bits per heavy atom. The SMILES string of the molecule is CS(=O)(=O)C1CCCC1Nc1ccc(Br)cc1F. The Balaban J connectivity index is 2.18. The number of rotatable bonds is 3. The highest BCUT2D eigenvalue weighted by Crippen LogP contribution is 2.29. The number of halogens is 2. The fourth-order valence-corrected chi connectivity index (χ4v) is 4.14. The first-order valence-corrected chi connectivity index (χ1v) is 8.53. The van der Waals surface area contributed by atoms with Crippen LogP contribution in [0.25, 0.3) is 0 Å². The number of anilines is 1. The predicted molar refractivity (Wildman–Crippen MR) is 74.0 cm³/mol. The van der Waals surface area contributed by atoms with Crippen molar-refractivity contribution in [3.8, 4) is 0 Å². The van der Waals surface area contributed by atoms with Gasteiger partial charge in [0.05, 0.1) is 10.9 Å². The molecule has 0 heterocycles. The van der Waals surface area contributed by atoms with Gasteiger partial charge in [0.2, 0.25) is 0 Å². The average molecular weight is 336 g/mol. The Morgan fingerprint density at radius 1 is 1.39 bits per heavy atom. The molecule has 1 N–H and O–H groups in total. The molecule has 2 rings (SSSR count). The van der Waals surface area contributed by atoms with Crippen LogP contribution in [0.3, 0.4) is 0 Å². The van der Waals surface area contributed by atoms with Gasteiger partial charge in [0.25, 0.3) is 0 Å². The Bertz CT molecular complexity index is 547. The first-order chi connectivity index (χ1) is 8.38. The van der Waals surface area contributed by atoms with Gasteiger partial charge in [-0.15, -0.1) is 0 Å². The predicted octanol–water partition coefficient (Wildman–Crippen LogP) is 2.97. The van der Waals surface area contributed by atoms with Crippen molar-refractivity contribution in [2.24, 2.45) is 0 Å². The molecule has 0 aromatic heterocycles. The van der Waals surface area contributed by atoms with Gasteiger partial charge in [-0.2, -0.15) is 0 Å². The van der Waals surface area contributed by atoms with E-state index in [-0.39, 0.29) is 11.9 Å². The molecular weight excluding hydrogens is 321 g/mol. The van der Waals surface area contributed by atoms with Gasteiger partial charge in [0.15, 0.2) is 9.84 Å². The standard InChI is InChI=1S/C12H15BrFNO2S/c1-18(16,17)12-4-2-3-11(12)15-10-6-5-8(13)7-9(10)14/h5-7,11-12,15H,2-4H2,1H3. The summed E-state index contributed by atoms with van der Waals surface area (Å²) >= 11 is 3.19. The van der Waals surface area contributed by atoms with Crippen molar-refractivity contribution in [2.45, 2.75) is 30.6 Å². The van der Waals surface area contributed by atoms with Crippen LogP contribution >= 0.6 is 15.9 Å². The lowest BCUT2D eigenvalue weighted by molar-refractivity contribution is 0.577. The molecule has 100 valence electrons. The molecule has 3 nitrogen and oxygen atoms in total. The average Bonchev–Trinajstić information content (AvgIpc) is 2.70. The van der Waals surface area contributed by atoms with Crippen LogP contribution in [0, 0.1) is 5.82 Å². The molecule has 1 aromatic rings. The number of nitrogens with one attached hydrogen (secondary N) is 1. The van der Waals surface area contributed by atoms with Gasteiger partial charge in [-0.25, -0.2) is 12.8 Å². The van der Waals surface area contributed by atoms with Crippen LogP contribution in [0.5, 0.6) is 0 Å². The molecule has 0 amide bonds. The summed E-state index contributed by atoms with van der Waals surface area (Å²) in [6.07, 6.45) is 3.51. The second-order valence-electron chi connectivity index (χ2n) is 4.67. The molecule has 1 saturated carbocycles. The molecule has 0 bridgehead atoms. The lowest BCUT2D eigenvalue weighted by Crippen LogP contribution is -2.34. The van der Waals surface area contributed by atoms with Crippen molar-refractivity contribution >= 4 is 31.5 Å². The highest BCUT2D eigenvalue weighted by molar-refractivity contribution is 9.10. The summed E-state index contributed by atoms with van der Waals surface area (Å²) in [6, 6.07) is 4.52. The largest absolute Gasteiger partial charge is 0.379 e. The van der Waals surface area contributed by atoms with E-state index in [0.717, 1.165) is 12.8 Å². The van der Waals surface area contributed by atoms with E-state index in [2.05, 4.69) is 21.2 Å². The molecule has 18 heavy (non-hydrogen) atoms. The summed E-state index contributed by atoms with van der Waals surface area (Å²) in [5.41, 5.74) is 0.360. The lowest BCUT2D eigenvalue weighted by atomic mass is 10.2. The summed E-state index contributed by atoms with van der Waals surface area (Å²) in [4.78, 5) is 0. The van der Waals surface area contributed by atoms with Crippen LogP contribution in [0.15, 0.2) is 22.7 Å². The number of hydrogen-bond acceptors (Lipinski definition) is 3. The highest BCUT2D eigenvalue weighted by atomic mass is 79.9. The van der Waals surface area contributed by atoms with Gasteiger partial charge in [-0.05, 0) is 37.5 Å². The van der Waals surface area contributed by atoms with Gasteiger partial charge in [-0.1, -0.05) is 15.9 Å². The molecule has 0 radical (unpaired) electrons. The van der Waals surface area contributed by atoms with E-state index < -0.39 is 15.1 Å². The van der Waals surface area contributed by atoms with Gasteiger partial charge in [-0.3, -0.25) is 0 Å². The van der Waals surface area contributed by atoms with Crippen LogP contribution in [0.1, 0.15) is 19.3 Å². The minimum absolute atomic E-state index is 0.198. The zero-order valence-electron chi connectivity index (χ0n) is 9.99. The minimum atomic E-state index is -3.09. The molecule has 0 aliphatic heterocycles. The first kappa shape index (κ1) is 13.8. The van der Waals surface area contributed by atoms with E-state index in [4.69, 9.17) is 0 Å². The van der Waals surface area contributed by atoms with Crippen molar-refractivity contribution in [1.29, 1.82) is 0 Å². The molecule has 0 saturated heterocycles. The minimum Gasteiger partial charge on any atom is -0.379 e. The summed E-state index contributed by atoms with van der Waals surface area (Å²) in [5, 5.41) is 2.60. The van der Waals surface area contributed by atoms with E-state index in [1.807, 2.05) is 0 Å². The Kier molecular flexibility index (Phi) is 3.96. The normalized spacial score (nSPS) is 24.2. The molecule has 2 unspecified atom stereocenters. The quantitative estimate of drug-likeness (QED) is 0.923. The molecular formula is C12H15BrFNO2S. The molecule has 1 aromatic carbocycles. The number of sulfone groups is 1. The third-order valence-electron chi connectivity index (χ3n) is 3.27. The van der Waals surface area contributed by atoms with Crippen LogP contribution in [-0.2, 0) is 9.84 Å². The fraction of sp³-hybridized carbons (Fsp3) is 0.500. The Hall–Kier alpha value is -0.620. The molecule has 2 atom stereocenters.